The summed E-state index contributed by atoms with van der Waals surface area (Å²) < 4.78 is 45.6. The zero-order chi connectivity index (χ0) is 20.5. The number of nitrogens with one attached hydrogen (secondary N) is 1. The fourth-order valence-electron chi connectivity index (χ4n) is 2.89. The van der Waals surface area contributed by atoms with Crippen molar-refractivity contribution in [2.24, 2.45) is 0 Å². The van der Waals surface area contributed by atoms with Crippen LogP contribution in [0.25, 0.3) is 16.7 Å². The van der Waals surface area contributed by atoms with Gasteiger partial charge < -0.3 is 10.1 Å². The lowest BCUT2D eigenvalue weighted by molar-refractivity contribution is -0.141. The van der Waals surface area contributed by atoms with Gasteiger partial charge in [-0.3, -0.25) is 9.36 Å². The molecule has 3 rings (SSSR count). The van der Waals surface area contributed by atoms with Crippen LogP contribution < -0.4 is 10.9 Å². The van der Waals surface area contributed by atoms with Crippen LogP contribution in [0.2, 0.25) is 0 Å². The maximum absolute atomic E-state index is 13.2. The molecule has 0 bridgehead atoms. The van der Waals surface area contributed by atoms with E-state index >= 15 is 0 Å². The number of hydrogen-bond donors (Lipinski definition) is 1. The number of nitrogens with zero attached hydrogens (tertiary/aromatic N) is 2. The van der Waals surface area contributed by atoms with Crippen LogP contribution in [0.4, 0.5) is 18.9 Å². The lowest BCUT2D eigenvalue weighted by atomic mass is 10.1. The number of fused-ring (bicyclic) bond motifs is 1. The van der Waals surface area contributed by atoms with E-state index in [0.29, 0.717) is 0 Å². The lowest BCUT2D eigenvalue weighted by Gasteiger charge is -2.17. The summed E-state index contributed by atoms with van der Waals surface area (Å²) >= 11 is 0. The maximum Gasteiger partial charge on any atom is 0.433 e. The molecule has 0 amide bonds. The Morgan fingerprint density at radius 1 is 1.18 bits per heavy atom. The first-order valence-corrected chi connectivity index (χ1v) is 8.36. The quantitative estimate of drug-likeness (QED) is 0.688. The molecule has 2 aromatic heterocycles. The first-order valence-electron chi connectivity index (χ1n) is 8.36. The number of benzene rings is 1. The molecule has 0 unspecified atom stereocenters. The van der Waals surface area contributed by atoms with Gasteiger partial charge in [-0.15, -0.1) is 0 Å². The molecular formula is C19H16F3N3O3. The second kappa shape index (κ2) is 7.34. The molecule has 0 fully saturated rings. The zero-order valence-corrected chi connectivity index (χ0v) is 15.0. The van der Waals surface area contributed by atoms with Crippen molar-refractivity contribution in [2.75, 3.05) is 19.0 Å². The number of aromatic nitrogens is 2. The standard InChI is InChI=1S/C19H16F3N3O3/c1-3-28-18(27)14-15(23-2)12-9-10-13(19(20,21)22)24-16(12)25(17(14)26)11-7-5-4-6-8-11/h4-10,23H,3H2,1-2H3. The first-order chi connectivity index (χ1) is 13.3. The van der Waals surface area contributed by atoms with E-state index in [9.17, 15) is 22.8 Å². The predicted octanol–water partition coefficient (Wildman–Crippen LogP) is 3.62. The van der Waals surface area contributed by atoms with Crippen molar-refractivity contribution in [3.05, 3.63) is 64.1 Å². The maximum atomic E-state index is 13.2. The van der Waals surface area contributed by atoms with E-state index in [4.69, 9.17) is 4.74 Å². The van der Waals surface area contributed by atoms with Crippen LogP contribution in [0.1, 0.15) is 23.0 Å². The number of ether oxygens (including phenoxy) is 1. The Labute approximate surface area is 157 Å². The number of carbonyl (C=O) groups is 1. The molecule has 6 nitrogen and oxygen atoms in total. The third-order valence-electron chi connectivity index (χ3n) is 4.06. The second-order valence-corrected chi connectivity index (χ2v) is 5.76. The van der Waals surface area contributed by atoms with Crippen molar-refractivity contribution in [1.29, 1.82) is 0 Å². The Bertz CT molecular complexity index is 1090. The highest BCUT2D eigenvalue weighted by atomic mass is 19.4. The van der Waals surface area contributed by atoms with E-state index in [-0.39, 0.29) is 34.6 Å². The second-order valence-electron chi connectivity index (χ2n) is 5.76. The van der Waals surface area contributed by atoms with Crippen molar-refractivity contribution in [2.45, 2.75) is 13.1 Å². The Morgan fingerprint density at radius 2 is 1.86 bits per heavy atom. The Kier molecular flexibility index (Phi) is 5.08. The largest absolute Gasteiger partial charge is 0.462 e. The smallest absolute Gasteiger partial charge is 0.433 e. The average Bonchev–Trinajstić information content (AvgIpc) is 2.66. The van der Waals surface area contributed by atoms with E-state index in [0.717, 1.165) is 10.6 Å². The molecule has 0 aliphatic heterocycles. The van der Waals surface area contributed by atoms with Crippen molar-refractivity contribution in [1.82, 2.24) is 9.55 Å². The topological polar surface area (TPSA) is 73.2 Å². The van der Waals surface area contributed by atoms with E-state index in [1.807, 2.05) is 0 Å². The van der Waals surface area contributed by atoms with Gasteiger partial charge in [0, 0.05) is 12.4 Å². The predicted molar refractivity (Wildman–Crippen MR) is 97.8 cm³/mol. The molecule has 1 N–H and O–H groups in total. The molecule has 2 heterocycles. The third-order valence-corrected chi connectivity index (χ3v) is 4.06. The number of pyridine rings is 2. The highest BCUT2D eigenvalue weighted by Gasteiger charge is 2.34. The fraction of sp³-hybridized carbons (Fsp3) is 0.211. The van der Waals surface area contributed by atoms with Gasteiger partial charge in [0.05, 0.1) is 18.0 Å². The van der Waals surface area contributed by atoms with Gasteiger partial charge in [0.1, 0.15) is 16.9 Å². The van der Waals surface area contributed by atoms with Crippen LogP contribution >= 0.6 is 0 Å². The number of carbonyl (C=O) groups excluding carboxylic acids is 1. The van der Waals surface area contributed by atoms with Gasteiger partial charge in [0.2, 0.25) is 0 Å². The highest BCUT2D eigenvalue weighted by Crippen LogP contribution is 2.32. The van der Waals surface area contributed by atoms with Crippen LogP contribution in [0, 0.1) is 0 Å². The number of halogens is 3. The van der Waals surface area contributed by atoms with E-state index in [2.05, 4.69) is 10.3 Å². The summed E-state index contributed by atoms with van der Waals surface area (Å²) in [6.45, 7) is 1.63. The third kappa shape index (κ3) is 3.30. The molecule has 0 atom stereocenters. The minimum absolute atomic E-state index is 0.0378. The van der Waals surface area contributed by atoms with Crippen LogP contribution in [-0.2, 0) is 10.9 Å². The molecule has 28 heavy (non-hydrogen) atoms. The average molecular weight is 391 g/mol. The van der Waals surface area contributed by atoms with Crippen LogP contribution in [0.3, 0.4) is 0 Å². The molecule has 0 aliphatic rings. The van der Waals surface area contributed by atoms with E-state index in [1.165, 1.54) is 25.2 Å². The van der Waals surface area contributed by atoms with Crippen LogP contribution in [0.15, 0.2) is 47.3 Å². The Balaban J connectivity index is 2.50. The van der Waals surface area contributed by atoms with Crippen molar-refractivity contribution in [3.8, 4) is 5.69 Å². The fourth-order valence-corrected chi connectivity index (χ4v) is 2.89. The Hall–Kier alpha value is -3.36. The molecule has 3 aromatic rings. The van der Waals surface area contributed by atoms with Gasteiger partial charge in [-0.1, -0.05) is 18.2 Å². The van der Waals surface area contributed by atoms with Gasteiger partial charge in [-0.25, -0.2) is 9.78 Å². The van der Waals surface area contributed by atoms with Gasteiger partial charge in [0.25, 0.3) is 5.56 Å². The Morgan fingerprint density at radius 3 is 2.43 bits per heavy atom. The number of alkyl halides is 3. The first kappa shape index (κ1) is 19.4. The van der Waals surface area contributed by atoms with Crippen LogP contribution in [-0.4, -0.2) is 29.2 Å². The zero-order valence-electron chi connectivity index (χ0n) is 15.0. The minimum Gasteiger partial charge on any atom is -0.462 e. The molecule has 0 spiro atoms. The lowest BCUT2D eigenvalue weighted by Crippen LogP contribution is -2.29. The minimum atomic E-state index is -4.69. The molecule has 9 heteroatoms. The highest BCUT2D eigenvalue weighted by molar-refractivity contribution is 6.04. The summed E-state index contributed by atoms with van der Waals surface area (Å²) in [5.41, 5.74) is -2.15. The number of rotatable bonds is 4. The summed E-state index contributed by atoms with van der Waals surface area (Å²) in [5, 5.41) is 2.90. The molecule has 0 radical (unpaired) electrons. The number of para-hydroxylation sites is 1. The van der Waals surface area contributed by atoms with Gasteiger partial charge in [-0.05, 0) is 31.2 Å². The summed E-state index contributed by atoms with van der Waals surface area (Å²) in [6, 6.07) is 10.00. The summed E-state index contributed by atoms with van der Waals surface area (Å²) in [4.78, 5) is 29.2. The number of hydrogen-bond acceptors (Lipinski definition) is 5. The van der Waals surface area contributed by atoms with Gasteiger partial charge in [-0.2, -0.15) is 13.2 Å². The molecule has 1 aromatic carbocycles. The molecule has 0 aliphatic carbocycles. The van der Waals surface area contributed by atoms with Crippen molar-refractivity contribution < 1.29 is 22.7 Å². The van der Waals surface area contributed by atoms with E-state index < -0.39 is 23.4 Å². The molecule has 0 saturated heterocycles. The monoisotopic (exact) mass is 391 g/mol. The SMILES string of the molecule is CCOC(=O)c1c(NC)c2ccc(C(F)(F)F)nc2n(-c2ccccc2)c1=O. The van der Waals surface area contributed by atoms with Crippen LogP contribution in [0.5, 0.6) is 0 Å². The van der Waals surface area contributed by atoms with E-state index in [1.54, 1.807) is 25.1 Å². The number of esters is 1. The van der Waals surface area contributed by atoms with Gasteiger partial charge in [0.15, 0.2) is 0 Å². The normalized spacial score (nSPS) is 11.5. The molecule has 0 saturated carbocycles. The summed E-state index contributed by atoms with van der Waals surface area (Å²) in [7, 11) is 1.46. The summed E-state index contributed by atoms with van der Waals surface area (Å²) in [5.74, 6) is -0.872. The number of anilines is 1. The van der Waals surface area contributed by atoms with Crippen molar-refractivity contribution >= 4 is 22.7 Å². The molecule has 146 valence electrons. The summed E-state index contributed by atoms with van der Waals surface area (Å²) in [6.07, 6.45) is -4.69. The van der Waals surface area contributed by atoms with Crippen molar-refractivity contribution in [3.63, 3.8) is 0 Å². The van der Waals surface area contributed by atoms with Gasteiger partial charge >= 0.3 is 12.1 Å². The molecular weight excluding hydrogens is 375 g/mol.